The Hall–Kier alpha value is -0.570. The highest BCUT2D eigenvalue weighted by atomic mass is 16.1. The summed E-state index contributed by atoms with van der Waals surface area (Å²) in [5.74, 6) is 1.78. The molecule has 0 aliphatic heterocycles. The zero-order chi connectivity index (χ0) is 12.4. The minimum atomic E-state index is 0.157. The Morgan fingerprint density at radius 1 is 1.06 bits per heavy atom. The van der Waals surface area contributed by atoms with E-state index in [2.05, 4.69) is 19.2 Å². The molecule has 0 bridgehead atoms. The molecule has 2 saturated carbocycles. The van der Waals surface area contributed by atoms with Crippen molar-refractivity contribution >= 4 is 5.91 Å². The monoisotopic (exact) mass is 238 g/mol. The smallest absolute Gasteiger partial charge is 0.223 e. The summed E-state index contributed by atoms with van der Waals surface area (Å²) in [7, 11) is 0. The highest BCUT2D eigenvalue weighted by Gasteiger charge is 2.31. The van der Waals surface area contributed by atoms with Crippen molar-refractivity contribution in [1.29, 1.82) is 0 Å². The van der Waals surface area contributed by atoms with Crippen LogP contribution in [0.2, 0.25) is 0 Å². The van der Waals surface area contributed by atoms with Gasteiger partial charge in [0.05, 0.1) is 0 Å². The van der Waals surface area contributed by atoms with E-state index < -0.39 is 0 Å². The molecule has 2 fully saturated rings. The van der Waals surface area contributed by atoms with Crippen molar-refractivity contribution in [2.75, 3.05) is 0 Å². The molecular formula is C14H26N2O. The third-order valence-electron chi connectivity index (χ3n) is 4.39. The highest BCUT2D eigenvalue weighted by Crippen LogP contribution is 2.29. The van der Waals surface area contributed by atoms with E-state index in [4.69, 9.17) is 5.73 Å². The zero-order valence-corrected chi connectivity index (χ0v) is 11.1. The normalized spacial score (nSPS) is 42.4. The van der Waals surface area contributed by atoms with Crippen LogP contribution in [0, 0.1) is 17.8 Å². The van der Waals surface area contributed by atoms with Crippen molar-refractivity contribution in [3.05, 3.63) is 0 Å². The summed E-state index contributed by atoms with van der Waals surface area (Å²) in [5, 5.41) is 3.23. The summed E-state index contributed by atoms with van der Waals surface area (Å²) in [4.78, 5) is 12.2. The number of nitrogens with one attached hydrogen (secondary N) is 1. The maximum Gasteiger partial charge on any atom is 0.223 e. The first-order valence-corrected chi connectivity index (χ1v) is 7.10. The standard InChI is InChI=1S/C14H26N2O/c1-9-3-4-13(7-9)16-14(17)11-5-10(2)6-12(15)8-11/h9-13H,3-8,15H2,1-2H3,(H,16,17). The SMILES string of the molecule is CC1CCC(NC(=O)C2CC(C)CC(N)C2)C1. The number of nitrogens with two attached hydrogens (primary N) is 1. The number of amides is 1. The molecule has 0 spiro atoms. The Morgan fingerprint density at radius 3 is 2.41 bits per heavy atom. The molecule has 3 nitrogen and oxygen atoms in total. The first kappa shape index (κ1) is 12.9. The molecule has 0 aromatic heterocycles. The quantitative estimate of drug-likeness (QED) is 0.773. The van der Waals surface area contributed by atoms with Crippen LogP contribution in [0.3, 0.4) is 0 Å². The van der Waals surface area contributed by atoms with Crippen LogP contribution in [-0.4, -0.2) is 18.0 Å². The Bertz CT molecular complexity index is 269. The Morgan fingerprint density at radius 2 is 1.82 bits per heavy atom. The van der Waals surface area contributed by atoms with Crippen LogP contribution in [0.1, 0.15) is 52.4 Å². The molecule has 0 aromatic carbocycles. The number of rotatable bonds is 2. The van der Waals surface area contributed by atoms with Gasteiger partial charge in [0.25, 0.3) is 0 Å². The maximum absolute atomic E-state index is 12.2. The highest BCUT2D eigenvalue weighted by molar-refractivity contribution is 5.79. The van der Waals surface area contributed by atoms with Gasteiger partial charge in [-0.15, -0.1) is 0 Å². The van der Waals surface area contributed by atoms with E-state index in [1.165, 1.54) is 6.42 Å². The van der Waals surface area contributed by atoms with Gasteiger partial charge in [-0.25, -0.2) is 0 Å². The molecule has 17 heavy (non-hydrogen) atoms. The largest absolute Gasteiger partial charge is 0.353 e. The topological polar surface area (TPSA) is 55.1 Å². The molecule has 3 N–H and O–H groups in total. The van der Waals surface area contributed by atoms with Crippen molar-refractivity contribution in [2.45, 2.75) is 64.5 Å². The number of carbonyl (C=O) groups is 1. The van der Waals surface area contributed by atoms with Gasteiger partial charge in [0.1, 0.15) is 0 Å². The minimum Gasteiger partial charge on any atom is -0.353 e. The van der Waals surface area contributed by atoms with E-state index >= 15 is 0 Å². The minimum absolute atomic E-state index is 0.157. The van der Waals surface area contributed by atoms with E-state index in [0.717, 1.165) is 38.0 Å². The summed E-state index contributed by atoms with van der Waals surface area (Å²) < 4.78 is 0. The number of hydrogen-bond donors (Lipinski definition) is 2. The fourth-order valence-electron chi connectivity index (χ4n) is 3.53. The molecule has 2 aliphatic rings. The van der Waals surface area contributed by atoms with E-state index in [1.807, 2.05) is 0 Å². The van der Waals surface area contributed by atoms with E-state index in [9.17, 15) is 4.79 Å². The van der Waals surface area contributed by atoms with Gasteiger partial charge in [0.15, 0.2) is 0 Å². The van der Waals surface area contributed by atoms with Crippen LogP contribution < -0.4 is 11.1 Å². The third kappa shape index (κ3) is 3.44. The Kier molecular flexibility index (Phi) is 4.08. The van der Waals surface area contributed by atoms with Crippen molar-refractivity contribution in [2.24, 2.45) is 23.5 Å². The number of hydrogen-bond acceptors (Lipinski definition) is 2. The van der Waals surface area contributed by atoms with Crippen LogP contribution in [-0.2, 0) is 4.79 Å². The molecule has 5 unspecified atom stereocenters. The van der Waals surface area contributed by atoms with Crippen molar-refractivity contribution < 1.29 is 4.79 Å². The van der Waals surface area contributed by atoms with E-state index in [1.54, 1.807) is 0 Å². The van der Waals surface area contributed by atoms with E-state index in [0.29, 0.717) is 12.0 Å². The number of carbonyl (C=O) groups excluding carboxylic acids is 1. The molecule has 0 heterocycles. The predicted molar refractivity (Wildman–Crippen MR) is 69.4 cm³/mol. The van der Waals surface area contributed by atoms with Crippen molar-refractivity contribution in [3.63, 3.8) is 0 Å². The molecule has 1 amide bonds. The maximum atomic E-state index is 12.2. The van der Waals surface area contributed by atoms with Crippen LogP contribution in [0.25, 0.3) is 0 Å². The van der Waals surface area contributed by atoms with Crippen LogP contribution in [0.4, 0.5) is 0 Å². The van der Waals surface area contributed by atoms with Crippen molar-refractivity contribution in [1.82, 2.24) is 5.32 Å². The van der Waals surface area contributed by atoms with Gasteiger partial charge in [0, 0.05) is 18.0 Å². The summed E-state index contributed by atoms with van der Waals surface area (Å²) in [5.41, 5.74) is 6.00. The summed E-state index contributed by atoms with van der Waals surface area (Å²) in [6.07, 6.45) is 6.53. The first-order chi connectivity index (χ1) is 8.04. The van der Waals surface area contributed by atoms with Crippen molar-refractivity contribution in [3.8, 4) is 0 Å². The lowest BCUT2D eigenvalue weighted by molar-refractivity contribution is -0.127. The third-order valence-corrected chi connectivity index (χ3v) is 4.39. The summed E-state index contributed by atoms with van der Waals surface area (Å²) in [6, 6.07) is 0.642. The lowest BCUT2D eigenvalue weighted by Gasteiger charge is -2.31. The average Bonchev–Trinajstić information content (AvgIpc) is 2.62. The second kappa shape index (κ2) is 5.38. The second-order valence-corrected chi connectivity index (χ2v) is 6.39. The molecule has 0 aromatic rings. The van der Waals surface area contributed by atoms with Gasteiger partial charge < -0.3 is 11.1 Å². The van der Waals surface area contributed by atoms with E-state index in [-0.39, 0.29) is 17.9 Å². The first-order valence-electron chi connectivity index (χ1n) is 7.10. The average molecular weight is 238 g/mol. The summed E-state index contributed by atoms with van der Waals surface area (Å²) in [6.45, 7) is 4.47. The van der Waals surface area contributed by atoms with Gasteiger partial charge in [-0.2, -0.15) is 0 Å². The Labute approximate surface area is 105 Å². The van der Waals surface area contributed by atoms with Crippen LogP contribution >= 0.6 is 0 Å². The Balaban J connectivity index is 1.82. The van der Waals surface area contributed by atoms with Crippen LogP contribution in [0.15, 0.2) is 0 Å². The van der Waals surface area contributed by atoms with Gasteiger partial charge in [-0.3, -0.25) is 4.79 Å². The zero-order valence-electron chi connectivity index (χ0n) is 11.1. The fraction of sp³-hybridized carbons (Fsp3) is 0.929. The molecule has 2 aliphatic carbocycles. The fourth-order valence-corrected chi connectivity index (χ4v) is 3.53. The molecule has 98 valence electrons. The van der Waals surface area contributed by atoms with Gasteiger partial charge in [-0.05, 0) is 50.4 Å². The van der Waals surface area contributed by atoms with Gasteiger partial charge >= 0.3 is 0 Å². The molecule has 2 rings (SSSR count). The van der Waals surface area contributed by atoms with Crippen LogP contribution in [0.5, 0.6) is 0 Å². The lowest BCUT2D eigenvalue weighted by Crippen LogP contribution is -2.43. The molecule has 3 heteroatoms. The van der Waals surface area contributed by atoms with Gasteiger partial charge in [-0.1, -0.05) is 13.8 Å². The molecular weight excluding hydrogens is 212 g/mol. The van der Waals surface area contributed by atoms with Gasteiger partial charge in [0.2, 0.25) is 5.91 Å². The molecule has 0 saturated heterocycles. The molecule has 5 atom stereocenters. The molecule has 0 radical (unpaired) electrons. The predicted octanol–water partition coefficient (Wildman–Crippen LogP) is 2.05. The summed E-state index contributed by atoms with van der Waals surface area (Å²) >= 11 is 0. The second-order valence-electron chi connectivity index (χ2n) is 6.39. The lowest BCUT2D eigenvalue weighted by atomic mass is 9.79.